The number of carbonyl (C=O) groups excluding carboxylic acids is 1. The first-order valence-electron chi connectivity index (χ1n) is 7.58. The zero-order valence-corrected chi connectivity index (χ0v) is 12.4. The molecule has 120 valence electrons. The van der Waals surface area contributed by atoms with Gasteiger partial charge >= 0.3 is 0 Å². The molecule has 0 N–H and O–H groups in total. The predicted octanol–water partition coefficient (Wildman–Crippen LogP) is 0.533. The Kier molecular flexibility index (Phi) is 4.84. The summed E-state index contributed by atoms with van der Waals surface area (Å²) in [5.74, 6) is -0.117. The van der Waals surface area contributed by atoms with Gasteiger partial charge in [0, 0.05) is 32.2 Å². The number of aromatic nitrogens is 1. The number of rotatable bonds is 4. The van der Waals surface area contributed by atoms with E-state index >= 15 is 0 Å². The van der Waals surface area contributed by atoms with Crippen molar-refractivity contribution in [1.82, 2.24) is 14.8 Å². The lowest BCUT2D eigenvalue weighted by Crippen LogP contribution is -2.45. The summed E-state index contributed by atoms with van der Waals surface area (Å²) in [6, 6.07) is 4.51. The summed E-state index contributed by atoms with van der Waals surface area (Å²) in [5, 5.41) is 0. The largest absolute Gasteiger partial charge is 0.473 e. The van der Waals surface area contributed by atoms with E-state index in [4.69, 9.17) is 9.47 Å². The number of halogens is 1. The average molecular weight is 309 g/mol. The van der Waals surface area contributed by atoms with Crippen molar-refractivity contribution in [3.05, 3.63) is 24.1 Å². The monoisotopic (exact) mass is 309 g/mol. The molecular formula is C15H20FN3O3. The van der Waals surface area contributed by atoms with Crippen molar-refractivity contribution in [1.29, 1.82) is 0 Å². The van der Waals surface area contributed by atoms with Gasteiger partial charge in [0.15, 0.2) is 0 Å². The molecule has 2 aliphatic heterocycles. The first-order valence-corrected chi connectivity index (χ1v) is 7.58. The van der Waals surface area contributed by atoms with Crippen LogP contribution < -0.4 is 4.74 Å². The Morgan fingerprint density at radius 3 is 2.95 bits per heavy atom. The topological polar surface area (TPSA) is 54.9 Å². The van der Waals surface area contributed by atoms with Crippen molar-refractivity contribution in [2.75, 3.05) is 45.9 Å². The van der Waals surface area contributed by atoms with Crippen molar-refractivity contribution in [3.8, 4) is 5.88 Å². The fourth-order valence-electron chi connectivity index (χ4n) is 2.77. The summed E-state index contributed by atoms with van der Waals surface area (Å²) in [7, 11) is 0. The third-order valence-electron chi connectivity index (χ3n) is 3.93. The van der Waals surface area contributed by atoms with Gasteiger partial charge in [0.05, 0.1) is 19.8 Å². The lowest BCUT2D eigenvalue weighted by atomic mass is 10.3. The molecule has 2 aliphatic rings. The number of likely N-dealkylation sites (tertiary alicyclic amines) is 1. The van der Waals surface area contributed by atoms with E-state index in [-0.39, 0.29) is 12.0 Å². The third-order valence-corrected chi connectivity index (χ3v) is 3.93. The fourth-order valence-corrected chi connectivity index (χ4v) is 2.77. The summed E-state index contributed by atoms with van der Waals surface area (Å²) in [4.78, 5) is 19.8. The Morgan fingerprint density at radius 2 is 2.18 bits per heavy atom. The van der Waals surface area contributed by atoms with Crippen molar-refractivity contribution in [2.45, 2.75) is 12.5 Å². The van der Waals surface area contributed by atoms with E-state index in [9.17, 15) is 9.18 Å². The number of hydrogen-bond acceptors (Lipinski definition) is 5. The fraction of sp³-hybridized carbons (Fsp3) is 0.600. The molecule has 1 amide bonds. The summed E-state index contributed by atoms with van der Waals surface area (Å²) in [5.41, 5.74) is 0. The zero-order chi connectivity index (χ0) is 15.4. The molecule has 1 unspecified atom stereocenters. The molecule has 0 spiro atoms. The molecule has 1 aromatic rings. The number of nitrogens with zero attached hydrogens (tertiary/aromatic N) is 3. The summed E-state index contributed by atoms with van der Waals surface area (Å²) in [6.07, 6.45) is 0.765. The lowest BCUT2D eigenvalue weighted by Gasteiger charge is -2.28. The second-order valence-electron chi connectivity index (χ2n) is 5.56. The second-order valence-corrected chi connectivity index (χ2v) is 5.56. The molecule has 0 aromatic carbocycles. The van der Waals surface area contributed by atoms with Crippen LogP contribution in [0.4, 0.5) is 4.39 Å². The molecule has 3 heterocycles. The normalized spacial score (nSPS) is 22.8. The minimum atomic E-state index is -0.546. The molecule has 2 fully saturated rings. The van der Waals surface area contributed by atoms with Crippen LogP contribution >= 0.6 is 0 Å². The molecule has 3 rings (SSSR count). The molecule has 1 atom stereocenters. The molecule has 0 radical (unpaired) electrons. The van der Waals surface area contributed by atoms with Crippen LogP contribution in [-0.4, -0.2) is 72.7 Å². The minimum absolute atomic E-state index is 0.0493. The van der Waals surface area contributed by atoms with Gasteiger partial charge in [-0.2, -0.15) is 9.37 Å². The summed E-state index contributed by atoms with van der Waals surface area (Å²) >= 11 is 0. The molecule has 6 nitrogen and oxygen atoms in total. The van der Waals surface area contributed by atoms with E-state index in [1.165, 1.54) is 6.07 Å². The van der Waals surface area contributed by atoms with Crippen LogP contribution in [0.3, 0.4) is 0 Å². The summed E-state index contributed by atoms with van der Waals surface area (Å²) < 4.78 is 24.0. The van der Waals surface area contributed by atoms with E-state index < -0.39 is 5.95 Å². The Balaban J connectivity index is 1.46. The summed E-state index contributed by atoms with van der Waals surface area (Å²) in [6.45, 7) is 4.42. The maximum Gasteiger partial charge on any atom is 0.236 e. The standard InChI is InChI=1S/C15H20FN3O3/c16-13-2-1-3-14(17-13)22-12-4-5-18(10-12)11-15(20)19-6-8-21-9-7-19/h1-3,12H,4-11H2. The van der Waals surface area contributed by atoms with E-state index in [2.05, 4.69) is 9.88 Å². The molecule has 0 aliphatic carbocycles. The van der Waals surface area contributed by atoms with Crippen LogP contribution in [0.2, 0.25) is 0 Å². The van der Waals surface area contributed by atoms with Crippen molar-refractivity contribution < 1.29 is 18.7 Å². The molecule has 0 bridgehead atoms. The van der Waals surface area contributed by atoms with Crippen molar-refractivity contribution in [2.24, 2.45) is 0 Å². The van der Waals surface area contributed by atoms with Gasteiger partial charge in [-0.3, -0.25) is 9.69 Å². The first-order chi connectivity index (χ1) is 10.7. The maximum absolute atomic E-state index is 13.0. The van der Waals surface area contributed by atoms with Gasteiger partial charge in [-0.1, -0.05) is 6.07 Å². The number of hydrogen-bond donors (Lipinski definition) is 0. The van der Waals surface area contributed by atoms with Crippen LogP contribution in [0.15, 0.2) is 18.2 Å². The van der Waals surface area contributed by atoms with Crippen LogP contribution in [0.25, 0.3) is 0 Å². The van der Waals surface area contributed by atoms with Gasteiger partial charge in [-0.05, 0) is 12.5 Å². The van der Waals surface area contributed by atoms with E-state index in [1.807, 2.05) is 4.90 Å². The number of pyridine rings is 1. The highest BCUT2D eigenvalue weighted by Gasteiger charge is 2.27. The van der Waals surface area contributed by atoms with Gasteiger partial charge in [-0.15, -0.1) is 0 Å². The lowest BCUT2D eigenvalue weighted by molar-refractivity contribution is -0.136. The van der Waals surface area contributed by atoms with Crippen LogP contribution in [0.1, 0.15) is 6.42 Å². The van der Waals surface area contributed by atoms with E-state index in [0.29, 0.717) is 45.3 Å². The molecule has 22 heavy (non-hydrogen) atoms. The first kappa shape index (κ1) is 15.2. The molecule has 1 aromatic heterocycles. The average Bonchev–Trinajstić information content (AvgIpc) is 2.95. The Labute approximate surface area is 128 Å². The smallest absolute Gasteiger partial charge is 0.236 e. The zero-order valence-electron chi connectivity index (χ0n) is 12.4. The SMILES string of the molecule is O=C(CN1CCC(Oc2cccc(F)n2)C1)N1CCOCC1. The number of carbonyl (C=O) groups is 1. The van der Waals surface area contributed by atoms with Gasteiger partial charge in [0.2, 0.25) is 17.7 Å². The quantitative estimate of drug-likeness (QED) is 0.760. The second kappa shape index (κ2) is 7.02. The third kappa shape index (κ3) is 3.92. The van der Waals surface area contributed by atoms with Crippen LogP contribution in [-0.2, 0) is 9.53 Å². The van der Waals surface area contributed by atoms with Crippen molar-refractivity contribution >= 4 is 5.91 Å². The van der Waals surface area contributed by atoms with E-state index in [1.54, 1.807) is 12.1 Å². The molecular weight excluding hydrogens is 289 g/mol. The highest BCUT2D eigenvalue weighted by molar-refractivity contribution is 5.78. The highest BCUT2D eigenvalue weighted by atomic mass is 19.1. The minimum Gasteiger partial charge on any atom is -0.473 e. The maximum atomic E-state index is 13.0. The van der Waals surface area contributed by atoms with Crippen LogP contribution in [0.5, 0.6) is 5.88 Å². The molecule has 0 saturated carbocycles. The number of ether oxygens (including phenoxy) is 2. The number of morpholine rings is 1. The highest BCUT2D eigenvalue weighted by Crippen LogP contribution is 2.17. The van der Waals surface area contributed by atoms with Gasteiger partial charge in [-0.25, -0.2) is 0 Å². The Morgan fingerprint density at radius 1 is 1.36 bits per heavy atom. The molecule has 7 heteroatoms. The molecule has 2 saturated heterocycles. The Bertz CT molecular complexity index is 523. The van der Waals surface area contributed by atoms with Crippen molar-refractivity contribution in [3.63, 3.8) is 0 Å². The van der Waals surface area contributed by atoms with E-state index in [0.717, 1.165) is 13.0 Å². The van der Waals surface area contributed by atoms with Crippen LogP contribution in [0, 0.1) is 5.95 Å². The predicted molar refractivity (Wildman–Crippen MR) is 77.1 cm³/mol. The Hall–Kier alpha value is -1.73. The van der Waals surface area contributed by atoms with Gasteiger partial charge in [0.1, 0.15) is 6.10 Å². The van der Waals surface area contributed by atoms with Gasteiger partial charge in [0.25, 0.3) is 0 Å². The number of amides is 1. The van der Waals surface area contributed by atoms with Gasteiger partial charge < -0.3 is 14.4 Å².